The predicted molar refractivity (Wildman–Crippen MR) is 365 cm³/mol. The topological polar surface area (TPSA) is 175 Å². The quantitative estimate of drug-likeness (QED) is 0.0414. The molecule has 10 rings (SSSR count). The molecule has 86 heavy (non-hydrogen) atoms. The number of hydrogen-bond acceptors (Lipinski definition) is 20. The number of fused-ring (bicyclic) bond motifs is 20. The summed E-state index contributed by atoms with van der Waals surface area (Å²) in [6, 6.07) is 25.9. The number of nitrogens with zero attached hydrogens (tertiary/aromatic N) is 12. The summed E-state index contributed by atoms with van der Waals surface area (Å²) in [4.78, 5) is 72.7. The maximum atomic E-state index is 11.8. The van der Waals surface area contributed by atoms with Gasteiger partial charge in [0.2, 0.25) is 0 Å². The first kappa shape index (κ1) is 63.6. The van der Waals surface area contributed by atoms with Crippen molar-refractivity contribution in [2.75, 3.05) is 158 Å². The predicted octanol–water partition coefficient (Wildman–Crippen LogP) is 12.3. The second-order valence-corrected chi connectivity index (χ2v) is 29.5. The number of H-pyrrole nitrogens is 2. The number of carboxylic acid groups (broad SMARTS) is 1. The maximum absolute atomic E-state index is 11.8. The molecule has 0 amide bonds. The van der Waals surface area contributed by atoms with Gasteiger partial charge in [-0.3, -0.25) is 0 Å². The van der Waals surface area contributed by atoms with Crippen LogP contribution in [-0.4, -0.2) is 239 Å². The lowest BCUT2D eigenvalue weighted by Crippen LogP contribution is -2.15. The molecule has 452 valence electrons. The number of thioether (sulfide) groups is 6. The first-order valence-corrected chi connectivity index (χ1v) is 34.4. The number of carbonyl (C=O) groups is 1. The minimum Gasteiger partial charge on any atom is -0.478 e. The Bertz CT molecular complexity index is 3930. The van der Waals surface area contributed by atoms with E-state index in [4.69, 9.17) is 34.6 Å². The molecule has 5 aromatic carbocycles. The van der Waals surface area contributed by atoms with Crippen LogP contribution in [0.5, 0.6) is 11.5 Å². The lowest BCUT2D eigenvalue weighted by Gasteiger charge is -2.15. The van der Waals surface area contributed by atoms with Crippen LogP contribution in [-0.2, 0) is 0 Å². The van der Waals surface area contributed by atoms with Crippen LogP contribution in [0.3, 0.4) is 0 Å². The van der Waals surface area contributed by atoms with E-state index in [1.807, 2.05) is 88.8 Å². The van der Waals surface area contributed by atoms with Crippen LogP contribution in [0, 0.1) is 0 Å². The highest BCUT2D eigenvalue weighted by Crippen LogP contribution is 2.46. The molecule has 0 radical (unpaired) electrons. The van der Waals surface area contributed by atoms with Crippen LogP contribution in [0.25, 0.3) is 89.7 Å². The third-order valence-electron chi connectivity index (χ3n) is 14.1. The third-order valence-corrected chi connectivity index (χ3v) is 20.7. The Morgan fingerprint density at radius 2 is 0.651 bits per heavy atom. The van der Waals surface area contributed by atoms with E-state index in [0.717, 1.165) is 122 Å². The smallest absolute Gasteiger partial charge is 0.335 e. The number of aromatic amines is 2. The van der Waals surface area contributed by atoms with Gasteiger partial charge in [-0.15, -0.1) is 70.6 Å². The number of benzene rings is 5. The van der Waals surface area contributed by atoms with Crippen molar-refractivity contribution in [1.29, 1.82) is 0 Å². The van der Waals surface area contributed by atoms with Gasteiger partial charge in [0, 0.05) is 147 Å². The second kappa shape index (κ2) is 28.8. The summed E-state index contributed by atoms with van der Waals surface area (Å²) in [5, 5.41) is 13.1. The zero-order valence-corrected chi connectivity index (χ0v) is 56.0. The second-order valence-electron chi connectivity index (χ2n) is 22.7. The van der Waals surface area contributed by atoms with Gasteiger partial charge >= 0.3 is 5.97 Å². The van der Waals surface area contributed by atoms with Crippen molar-refractivity contribution in [3.8, 4) is 57.1 Å². The molecule has 0 unspecified atom stereocenters. The number of aromatic nitrogens is 8. The summed E-state index contributed by atoms with van der Waals surface area (Å²) in [7, 11) is 25.4. The Labute approximate surface area is 530 Å². The molecule has 2 aliphatic heterocycles. The molecule has 0 atom stereocenters. The normalized spacial score (nSPS) is 12.3. The molecule has 8 aromatic rings. The van der Waals surface area contributed by atoms with E-state index in [1.54, 1.807) is 12.1 Å². The van der Waals surface area contributed by atoms with E-state index >= 15 is 0 Å². The molecule has 0 saturated carbocycles. The van der Waals surface area contributed by atoms with Gasteiger partial charge in [0.25, 0.3) is 0 Å². The fraction of sp³-hybridized carbons (Fsp3) is 0.381. The monoisotopic (exact) mass is 1270 g/mol. The highest BCUT2D eigenvalue weighted by Gasteiger charge is 2.27. The molecule has 23 heteroatoms. The lowest BCUT2D eigenvalue weighted by atomic mass is 10.1. The van der Waals surface area contributed by atoms with Gasteiger partial charge < -0.3 is 49.2 Å². The standard InChI is InChI=1S/C63H76N14O3S6/c1-72(2)19-25-81-49-32-43-44(33-50(49)82-26-20-73(3)4)59-67-57(43)65-55-41-18-17-40(80-39-15-13-38(14-16-39)63(78)79)31-42(41)56(64-55)66-58-45-34-51(83-27-21-74(5)6)52(84-28-22-75(7)8)35-46(45)60(68-58)70-62-48-37-54(86-30-24-77(11)12)53(85-29-23-76(9)10)36-47(48)61(69-59)71-62/h13-18,31-37H,19-30H2,1-12H3,(H,78,79)(H2,64,65,66,67,68,69,70,71). The van der Waals surface area contributed by atoms with Gasteiger partial charge in [-0.05, 0) is 163 Å². The average Bonchev–Trinajstić information content (AvgIpc) is 1.90. The number of rotatable bonds is 27. The summed E-state index contributed by atoms with van der Waals surface area (Å²) >= 11 is 11.1. The average molecular weight is 1270 g/mol. The van der Waals surface area contributed by atoms with Gasteiger partial charge in [-0.25, -0.2) is 34.7 Å². The lowest BCUT2D eigenvalue weighted by molar-refractivity contribution is 0.0696. The summed E-state index contributed by atoms with van der Waals surface area (Å²) in [5.74, 6) is 7.60. The first-order chi connectivity index (χ1) is 41.3. The van der Waals surface area contributed by atoms with Crippen molar-refractivity contribution < 1.29 is 14.6 Å². The van der Waals surface area contributed by atoms with Gasteiger partial charge in [-0.2, -0.15) is 0 Å². The van der Waals surface area contributed by atoms with Crippen LogP contribution in [0.2, 0.25) is 0 Å². The van der Waals surface area contributed by atoms with Gasteiger partial charge in [0.1, 0.15) is 34.1 Å². The number of nitrogens with one attached hydrogen (secondary N) is 2. The minimum atomic E-state index is -1.01. The molecule has 17 nitrogen and oxygen atoms in total. The van der Waals surface area contributed by atoms with Gasteiger partial charge in [0.15, 0.2) is 23.3 Å². The Morgan fingerprint density at radius 3 is 0.953 bits per heavy atom. The zero-order valence-electron chi connectivity index (χ0n) is 51.1. The van der Waals surface area contributed by atoms with Crippen LogP contribution in [0.15, 0.2) is 108 Å². The molecule has 0 fully saturated rings. The molecule has 0 spiro atoms. The summed E-state index contributed by atoms with van der Waals surface area (Å²) in [6.45, 7) is 5.53. The molecule has 3 aromatic heterocycles. The van der Waals surface area contributed by atoms with Crippen molar-refractivity contribution in [3.63, 3.8) is 0 Å². The van der Waals surface area contributed by atoms with Gasteiger partial charge in [-0.1, -0.05) is 0 Å². The third kappa shape index (κ3) is 15.7. The van der Waals surface area contributed by atoms with Crippen LogP contribution < -0.4 is 4.74 Å². The van der Waals surface area contributed by atoms with Crippen LogP contribution in [0.1, 0.15) is 10.4 Å². The summed E-state index contributed by atoms with van der Waals surface area (Å²) in [5.41, 5.74) is 6.10. The van der Waals surface area contributed by atoms with Crippen molar-refractivity contribution in [1.82, 2.24) is 69.3 Å². The summed E-state index contributed by atoms with van der Waals surface area (Å²) < 4.78 is 6.44. The van der Waals surface area contributed by atoms with Gasteiger partial charge in [0.05, 0.1) is 5.56 Å². The maximum Gasteiger partial charge on any atom is 0.335 e. The van der Waals surface area contributed by atoms with E-state index < -0.39 is 5.97 Å². The van der Waals surface area contributed by atoms with Crippen LogP contribution in [0.4, 0.5) is 0 Å². The molecule has 0 saturated heterocycles. The van der Waals surface area contributed by atoms with Crippen molar-refractivity contribution in [2.45, 2.75) is 29.4 Å². The zero-order chi connectivity index (χ0) is 60.8. The molecule has 5 heterocycles. The molecule has 3 N–H and O–H groups in total. The largest absolute Gasteiger partial charge is 0.478 e. The number of carboxylic acids is 1. The molecular formula is C63H76N14O3S6. The minimum absolute atomic E-state index is 0.173. The van der Waals surface area contributed by atoms with E-state index in [9.17, 15) is 9.90 Å². The fourth-order valence-corrected chi connectivity index (χ4v) is 16.9. The molecular weight excluding hydrogens is 1190 g/mol. The Morgan fingerprint density at radius 1 is 0.372 bits per heavy atom. The summed E-state index contributed by atoms with van der Waals surface area (Å²) in [6.07, 6.45) is 0. The number of hydrogen-bond donors (Lipinski definition) is 3. The first-order valence-electron chi connectivity index (χ1n) is 28.5. The van der Waals surface area contributed by atoms with E-state index in [0.29, 0.717) is 57.4 Å². The van der Waals surface area contributed by atoms with E-state index in [-0.39, 0.29) is 5.56 Å². The Kier molecular flexibility index (Phi) is 21.3. The SMILES string of the molecule is CN(C)CCSc1cc2c(cc1SCCN(C)C)-c1nc-2nc2[nH]c(nc3nc(nc4[nH]c(n1)c1cc(SCCN(C)C)c(SCCN(C)C)cc41)-c1cc(SCCN(C)C)c(SCCN(C)C)cc1-3)c1cc(Oc3ccc(C(=O)O)cc3)ccc21. The van der Waals surface area contributed by atoms with Crippen molar-refractivity contribution in [2.24, 2.45) is 0 Å². The fourth-order valence-electron chi connectivity index (χ4n) is 9.36. The highest BCUT2D eigenvalue weighted by atomic mass is 32.2. The highest BCUT2D eigenvalue weighted by molar-refractivity contribution is 8.03. The van der Waals surface area contributed by atoms with Crippen LogP contribution >= 0.6 is 70.6 Å². The number of aromatic carboxylic acids is 1. The van der Waals surface area contributed by atoms with Crippen molar-refractivity contribution >= 4 is 121 Å². The molecule has 0 aliphatic carbocycles. The van der Waals surface area contributed by atoms with E-state index in [1.165, 1.54) is 36.6 Å². The Balaban J connectivity index is 1.29. The number of ether oxygens (including phenoxy) is 1. The molecule has 2 aliphatic rings. The Hall–Kier alpha value is -5.41. The van der Waals surface area contributed by atoms with Crippen molar-refractivity contribution in [3.05, 3.63) is 84.4 Å². The van der Waals surface area contributed by atoms with E-state index in [2.05, 4.69) is 160 Å². The molecule has 8 bridgehead atoms.